The van der Waals surface area contributed by atoms with Crippen LogP contribution < -0.4 is 11.5 Å². The van der Waals surface area contributed by atoms with Crippen molar-refractivity contribution in [3.63, 3.8) is 0 Å². The van der Waals surface area contributed by atoms with E-state index >= 15 is 0 Å². The van der Waals surface area contributed by atoms with Crippen LogP contribution in [-0.2, 0) is 4.79 Å². The van der Waals surface area contributed by atoms with E-state index in [1.807, 2.05) is 0 Å². The predicted molar refractivity (Wildman–Crippen MR) is 25.4 cm³/mol. The second-order valence-corrected chi connectivity index (χ2v) is 1.45. The average Bonchev–Trinajstić information content (AvgIpc) is 1.67. The summed E-state index contributed by atoms with van der Waals surface area (Å²) in [7, 11) is 0. The van der Waals surface area contributed by atoms with Gasteiger partial charge in [-0.15, -0.1) is 0 Å². The molecule has 0 aliphatic carbocycles. The van der Waals surface area contributed by atoms with E-state index in [2.05, 4.69) is 11.5 Å². The Morgan fingerprint density at radius 1 is 1.75 bits per heavy atom. The molecule has 1 atom stereocenters. The molecule has 0 fully saturated rings. The SMILES string of the molecule is NC(=O)C(N)(O)CO. The van der Waals surface area contributed by atoms with Crippen LogP contribution in [0, 0.1) is 0 Å². The minimum atomic E-state index is -2.26. The fraction of sp³-hybridized carbons (Fsp3) is 0.667. The number of hydrogen-bond acceptors (Lipinski definition) is 4. The lowest BCUT2D eigenvalue weighted by Crippen LogP contribution is -2.54. The molecule has 48 valence electrons. The van der Waals surface area contributed by atoms with E-state index in [-0.39, 0.29) is 0 Å². The van der Waals surface area contributed by atoms with Crippen LogP contribution in [0.4, 0.5) is 0 Å². The normalized spacial score (nSPS) is 17.4. The topological polar surface area (TPSA) is 110 Å². The van der Waals surface area contributed by atoms with Gasteiger partial charge in [0.25, 0.3) is 5.91 Å². The smallest absolute Gasteiger partial charge is 0.267 e. The highest BCUT2D eigenvalue weighted by atomic mass is 16.4. The summed E-state index contributed by atoms with van der Waals surface area (Å²) in [4.78, 5) is 9.94. The monoisotopic (exact) mass is 120 g/mol. The van der Waals surface area contributed by atoms with Crippen LogP contribution >= 0.6 is 0 Å². The van der Waals surface area contributed by atoms with E-state index in [0.29, 0.717) is 0 Å². The highest BCUT2D eigenvalue weighted by molar-refractivity contribution is 5.82. The molecule has 8 heavy (non-hydrogen) atoms. The Hall–Kier alpha value is -0.650. The fourth-order valence-electron chi connectivity index (χ4n) is 0.0779. The van der Waals surface area contributed by atoms with E-state index in [1.165, 1.54) is 0 Å². The van der Waals surface area contributed by atoms with Crippen molar-refractivity contribution in [3.8, 4) is 0 Å². The van der Waals surface area contributed by atoms with Crippen LogP contribution in [0.5, 0.6) is 0 Å². The Balaban J connectivity index is 3.91. The number of rotatable bonds is 2. The lowest BCUT2D eigenvalue weighted by molar-refractivity contribution is -0.139. The van der Waals surface area contributed by atoms with Gasteiger partial charge in [0.2, 0.25) is 5.72 Å². The molecule has 0 rings (SSSR count). The maximum atomic E-state index is 9.94. The number of carbonyl (C=O) groups is 1. The minimum absolute atomic E-state index is 0.859. The van der Waals surface area contributed by atoms with Crippen molar-refractivity contribution in [2.75, 3.05) is 6.61 Å². The second kappa shape index (κ2) is 2.08. The lowest BCUT2D eigenvalue weighted by Gasteiger charge is -2.13. The van der Waals surface area contributed by atoms with Crippen molar-refractivity contribution in [1.82, 2.24) is 0 Å². The second-order valence-electron chi connectivity index (χ2n) is 1.45. The Kier molecular flexibility index (Phi) is 1.91. The molecule has 1 amide bonds. The third-order valence-electron chi connectivity index (χ3n) is 0.668. The van der Waals surface area contributed by atoms with Crippen LogP contribution in [0.3, 0.4) is 0 Å². The van der Waals surface area contributed by atoms with Crippen molar-refractivity contribution < 1.29 is 15.0 Å². The Labute approximate surface area is 45.9 Å². The number of aliphatic hydroxyl groups is 2. The highest BCUT2D eigenvalue weighted by Crippen LogP contribution is 1.87. The Bertz CT molecular complexity index is 101. The predicted octanol–water partition coefficient (Wildman–Crippen LogP) is -2.89. The quantitative estimate of drug-likeness (QED) is 0.293. The first kappa shape index (κ1) is 7.35. The first-order chi connectivity index (χ1) is 3.50. The Morgan fingerprint density at radius 2 is 2.12 bits per heavy atom. The number of nitrogens with two attached hydrogens (primary N) is 2. The molecule has 0 radical (unpaired) electrons. The number of primary amides is 1. The zero-order valence-corrected chi connectivity index (χ0v) is 4.16. The summed E-state index contributed by atoms with van der Waals surface area (Å²) in [6.07, 6.45) is 0. The van der Waals surface area contributed by atoms with E-state index in [1.54, 1.807) is 0 Å². The molecular weight excluding hydrogens is 112 g/mol. The van der Waals surface area contributed by atoms with E-state index in [0.717, 1.165) is 0 Å². The van der Waals surface area contributed by atoms with Crippen LogP contribution in [0.15, 0.2) is 0 Å². The molecule has 1 unspecified atom stereocenters. The zero-order valence-electron chi connectivity index (χ0n) is 4.16. The molecule has 6 N–H and O–H groups in total. The Morgan fingerprint density at radius 3 is 2.12 bits per heavy atom. The van der Waals surface area contributed by atoms with Crippen LogP contribution in [-0.4, -0.2) is 28.5 Å². The third kappa shape index (κ3) is 1.45. The molecule has 0 aromatic heterocycles. The lowest BCUT2D eigenvalue weighted by atomic mass is 10.2. The molecule has 0 heterocycles. The van der Waals surface area contributed by atoms with Gasteiger partial charge < -0.3 is 15.9 Å². The van der Waals surface area contributed by atoms with Gasteiger partial charge in [0, 0.05) is 0 Å². The summed E-state index contributed by atoms with van der Waals surface area (Å²) in [5.41, 5.74) is 6.93. The number of carbonyl (C=O) groups excluding carboxylic acids is 1. The van der Waals surface area contributed by atoms with Crippen LogP contribution in [0.2, 0.25) is 0 Å². The fourth-order valence-corrected chi connectivity index (χ4v) is 0.0779. The van der Waals surface area contributed by atoms with Crippen LogP contribution in [0.25, 0.3) is 0 Å². The van der Waals surface area contributed by atoms with Crippen molar-refractivity contribution in [2.45, 2.75) is 5.72 Å². The molecule has 0 saturated heterocycles. The molecule has 0 bridgehead atoms. The van der Waals surface area contributed by atoms with Crippen molar-refractivity contribution in [2.24, 2.45) is 11.5 Å². The van der Waals surface area contributed by atoms with E-state index < -0.39 is 18.2 Å². The van der Waals surface area contributed by atoms with Crippen molar-refractivity contribution in [3.05, 3.63) is 0 Å². The molecule has 0 aromatic carbocycles. The van der Waals surface area contributed by atoms with Crippen molar-refractivity contribution in [1.29, 1.82) is 0 Å². The molecule has 0 aromatic rings. The summed E-state index contributed by atoms with van der Waals surface area (Å²) < 4.78 is 0. The molecule has 0 aliphatic rings. The number of aliphatic hydroxyl groups excluding tert-OH is 1. The van der Waals surface area contributed by atoms with E-state index in [4.69, 9.17) is 10.2 Å². The third-order valence-corrected chi connectivity index (χ3v) is 0.668. The van der Waals surface area contributed by atoms with Gasteiger partial charge >= 0.3 is 0 Å². The van der Waals surface area contributed by atoms with Gasteiger partial charge in [0.15, 0.2) is 0 Å². The highest BCUT2D eigenvalue weighted by Gasteiger charge is 2.26. The standard InChI is InChI=1S/C3H8N2O3/c4-2(7)3(5,8)1-6/h6,8H,1,5H2,(H2,4,7). The van der Waals surface area contributed by atoms with Gasteiger partial charge in [-0.2, -0.15) is 0 Å². The molecule has 0 saturated carbocycles. The maximum Gasteiger partial charge on any atom is 0.267 e. The van der Waals surface area contributed by atoms with Gasteiger partial charge in [-0.1, -0.05) is 0 Å². The summed E-state index contributed by atoms with van der Waals surface area (Å²) in [5.74, 6) is -1.14. The summed E-state index contributed by atoms with van der Waals surface area (Å²) in [5, 5.41) is 16.5. The first-order valence-corrected chi connectivity index (χ1v) is 1.92. The maximum absolute atomic E-state index is 9.94. The molecule has 5 nitrogen and oxygen atoms in total. The summed E-state index contributed by atoms with van der Waals surface area (Å²) in [6, 6.07) is 0. The number of amides is 1. The zero-order chi connectivity index (χ0) is 6.78. The largest absolute Gasteiger partial charge is 0.391 e. The summed E-state index contributed by atoms with van der Waals surface area (Å²) in [6.45, 7) is -0.859. The van der Waals surface area contributed by atoms with Crippen molar-refractivity contribution >= 4 is 5.91 Å². The molecule has 0 spiro atoms. The van der Waals surface area contributed by atoms with Gasteiger partial charge in [0.05, 0.1) is 6.61 Å². The van der Waals surface area contributed by atoms with Gasteiger partial charge in [0.1, 0.15) is 0 Å². The minimum Gasteiger partial charge on any atom is -0.391 e. The molecular formula is C3H8N2O3. The first-order valence-electron chi connectivity index (χ1n) is 1.92. The van der Waals surface area contributed by atoms with Crippen LogP contribution in [0.1, 0.15) is 0 Å². The number of hydrogen-bond donors (Lipinski definition) is 4. The van der Waals surface area contributed by atoms with Gasteiger partial charge in [-0.05, 0) is 0 Å². The molecule has 0 aliphatic heterocycles. The molecule has 5 heteroatoms. The average molecular weight is 120 g/mol. The summed E-state index contributed by atoms with van der Waals surface area (Å²) >= 11 is 0. The van der Waals surface area contributed by atoms with Gasteiger partial charge in [-0.25, -0.2) is 0 Å². The van der Waals surface area contributed by atoms with E-state index in [9.17, 15) is 4.79 Å². The van der Waals surface area contributed by atoms with Gasteiger partial charge in [-0.3, -0.25) is 10.5 Å².